The van der Waals surface area contributed by atoms with Gasteiger partial charge in [-0.25, -0.2) is 0 Å². The Labute approximate surface area is 138 Å². The van der Waals surface area contributed by atoms with Crippen molar-refractivity contribution in [1.29, 1.82) is 0 Å². The molecule has 0 saturated heterocycles. The first-order valence-corrected chi connectivity index (χ1v) is 9.62. The van der Waals surface area contributed by atoms with Gasteiger partial charge in [-0.3, -0.25) is 4.98 Å². The van der Waals surface area contributed by atoms with Crippen LogP contribution in [0, 0.1) is 0 Å². The number of alkyl halides is 1. The van der Waals surface area contributed by atoms with Crippen LogP contribution in [-0.4, -0.2) is 11.6 Å². The molecule has 0 aliphatic heterocycles. The molecular weight excluding hydrogens is 326 g/mol. The zero-order valence-corrected chi connectivity index (χ0v) is 15.0. The van der Waals surface area contributed by atoms with Crippen molar-refractivity contribution in [2.45, 2.75) is 76.5 Å². The second-order valence-electron chi connectivity index (χ2n) is 5.65. The third-order valence-electron chi connectivity index (χ3n) is 3.70. The Kier molecular flexibility index (Phi) is 11.5. The molecule has 3 heteroatoms. The molecule has 1 aromatic heterocycles. The van der Waals surface area contributed by atoms with Crippen LogP contribution in [0.1, 0.15) is 76.8 Å². The van der Waals surface area contributed by atoms with Gasteiger partial charge in [0.05, 0.1) is 18.5 Å². The van der Waals surface area contributed by atoms with Gasteiger partial charge in [0.1, 0.15) is 5.75 Å². The van der Waals surface area contributed by atoms with E-state index >= 15 is 0 Å². The zero-order chi connectivity index (χ0) is 15.2. The monoisotopic (exact) mass is 355 g/mol. The summed E-state index contributed by atoms with van der Waals surface area (Å²) in [6, 6.07) is 4.00. The number of halogens is 1. The van der Waals surface area contributed by atoms with E-state index in [-0.39, 0.29) is 0 Å². The van der Waals surface area contributed by atoms with Crippen LogP contribution in [0.2, 0.25) is 0 Å². The zero-order valence-electron chi connectivity index (χ0n) is 13.5. The van der Waals surface area contributed by atoms with E-state index in [2.05, 4.69) is 27.8 Å². The lowest BCUT2D eigenvalue weighted by molar-refractivity contribution is 0.303. The quantitative estimate of drug-likeness (QED) is 0.307. The van der Waals surface area contributed by atoms with Crippen molar-refractivity contribution in [3.8, 4) is 5.75 Å². The molecule has 0 bridgehead atoms. The molecule has 1 aromatic rings. The Hall–Kier alpha value is -0.570. The van der Waals surface area contributed by atoms with E-state index < -0.39 is 0 Å². The number of pyridine rings is 1. The van der Waals surface area contributed by atoms with Crippen molar-refractivity contribution in [3.05, 3.63) is 24.0 Å². The van der Waals surface area contributed by atoms with E-state index in [0.29, 0.717) is 0 Å². The topological polar surface area (TPSA) is 22.1 Å². The van der Waals surface area contributed by atoms with Crippen LogP contribution in [0.15, 0.2) is 18.3 Å². The second kappa shape index (κ2) is 13.1. The van der Waals surface area contributed by atoms with Crippen molar-refractivity contribution < 1.29 is 4.74 Å². The molecule has 0 saturated carbocycles. The first-order chi connectivity index (χ1) is 10.4. The van der Waals surface area contributed by atoms with Crippen molar-refractivity contribution in [3.63, 3.8) is 0 Å². The lowest BCUT2D eigenvalue weighted by Crippen LogP contribution is -1.98. The summed E-state index contributed by atoms with van der Waals surface area (Å²) in [4.78, 5) is 4.30. The molecule has 0 aliphatic rings. The van der Waals surface area contributed by atoms with Crippen LogP contribution in [0.4, 0.5) is 0 Å². The molecular formula is C18H30BrNO. The van der Waals surface area contributed by atoms with Gasteiger partial charge in [-0.2, -0.15) is 0 Å². The SMILES string of the molecule is CCCCCCCCCCCCOc1ccc(CBr)nc1. The maximum Gasteiger partial charge on any atom is 0.137 e. The van der Waals surface area contributed by atoms with Gasteiger partial charge in [-0.1, -0.05) is 80.6 Å². The lowest BCUT2D eigenvalue weighted by atomic mass is 10.1. The molecule has 21 heavy (non-hydrogen) atoms. The third kappa shape index (κ3) is 9.89. The Morgan fingerprint density at radius 3 is 2.05 bits per heavy atom. The van der Waals surface area contributed by atoms with Gasteiger partial charge in [0.2, 0.25) is 0 Å². The molecule has 0 unspecified atom stereocenters. The normalized spacial score (nSPS) is 10.8. The number of rotatable bonds is 13. The number of aromatic nitrogens is 1. The smallest absolute Gasteiger partial charge is 0.137 e. The van der Waals surface area contributed by atoms with Gasteiger partial charge < -0.3 is 4.74 Å². The molecule has 1 heterocycles. The highest BCUT2D eigenvalue weighted by atomic mass is 79.9. The number of ether oxygens (including phenoxy) is 1. The standard InChI is InChI=1S/C18H30BrNO/c1-2-3-4-5-6-7-8-9-10-11-14-21-18-13-12-17(15-19)20-16-18/h12-13,16H,2-11,14-15H2,1H3. The number of hydrogen-bond acceptors (Lipinski definition) is 2. The number of nitrogens with zero attached hydrogens (tertiary/aromatic N) is 1. The average Bonchev–Trinajstić information content (AvgIpc) is 2.53. The summed E-state index contributed by atoms with van der Waals surface area (Å²) in [6.07, 6.45) is 15.4. The Bertz CT molecular complexity index is 340. The molecule has 0 spiro atoms. The highest BCUT2D eigenvalue weighted by molar-refractivity contribution is 9.08. The van der Waals surface area contributed by atoms with Crippen LogP contribution < -0.4 is 4.74 Å². The minimum atomic E-state index is 0.797. The third-order valence-corrected chi connectivity index (χ3v) is 4.28. The van der Waals surface area contributed by atoms with E-state index in [9.17, 15) is 0 Å². The Morgan fingerprint density at radius 2 is 1.52 bits per heavy atom. The number of unbranched alkanes of at least 4 members (excludes halogenated alkanes) is 9. The fourth-order valence-electron chi connectivity index (χ4n) is 2.35. The molecule has 0 aliphatic carbocycles. The molecule has 0 radical (unpaired) electrons. The summed E-state index contributed by atoms with van der Waals surface area (Å²) in [5, 5.41) is 0.797. The van der Waals surface area contributed by atoms with Crippen LogP contribution >= 0.6 is 15.9 Å². The maximum atomic E-state index is 5.70. The van der Waals surface area contributed by atoms with Crippen molar-refractivity contribution in [2.24, 2.45) is 0 Å². The van der Waals surface area contributed by atoms with Gasteiger partial charge in [-0.15, -0.1) is 0 Å². The summed E-state index contributed by atoms with van der Waals surface area (Å²) < 4.78 is 5.70. The largest absolute Gasteiger partial charge is 0.492 e. The lowest BCUT2D eigenvalue weighted by Gasteiger charge is -2.06. The highest BCUT2D eigenvalue weighted by Gasteiger charge is 1.96. The fourth-order valence-corrected chi connectivity index (χ4v) is 2.69. The second-order valence-corrected chi connectivity index (χ2v) is 6.21. The molecule has 0 amide bonds. The minimum Gasteiger partial charge on any atom is -0.492 e. The Morgan fingerprint density at radius 1 is 0.905 bits per heavy atom. The van der Waals surface area contributed by atoms with Crippen LogP contribution in [0.5, 0.6) is 5.75 Å². The molecule has 0 aromatic carbocycles. The average molecular weight is 356 g/mol. The predicted octanol–water partition coefficient (Wildman–Crippen LogP) is 6.28. The summed E-state index contributed by atoms with van der Waals surface area (Å²) in [5.41, 5.74) is 1.04. The Balaban J connectivity index is 1.88. The summed E-state index contributed by atoms with van der Waals surface area (Å²) in [7, 11) is 0. The number of hydrogen-bond donors (Lipinski definition) is 0. The first-order valence-electron chi connectivity index (χ1n) is 8.50. The van der Waals surface area contributed by atoms with Crippen LogP contribution in [0.25, 0.3) is 0 Å². The van der Waals surface area contributed by atoms with E-state index in [0.717, 1.165) is 29.8 Å². The van der Waals surface area contributed by atoms with Gasteiger partial charge in [0.25, 0.3) is 0 Å². The molecule has 0 atom stereocenters. The van der Waals surface area contributed by atoms with Gasteiger partial charge >= 0.3 is 0 Å². The molecule has 0 fully saturated rings. The highest BCUT2D eigenvalue weighted by Crippen LogP contribution is 2.13. The van der Waals surface area contributed by atoms with Crippen LogP contribution in [-0.2, 0) is 5.33 Å². The fraction of sp³-hybridized carbons (Fsp3) is 0.722. The van der Waals surface area contributed by atoms with Crippen molar-refractivity contribution >= 4 is 15.9 Å². The van der Waals surface area contributed by atoms with Gasteiger partial charge in [0, 0.05) is 5.33 Å². The molecule has 120 valence electrons. The van der Waals surface area contributed by atoms with E-state index in [1.807, 2.05) is 18.3 Å². The van der Waals surface area contributed by atoms with E-state index in [1.165, 1.54) is 57.8 Å². The van der Waals surface area contributed by atoms with Crippen LogP contribution in [0.3, 0.4) is 0 Å². The van der Waals surface area contributed by atoms with E-state index in [1.54, 1.807) is 0 Å². The van der Waals surface area contributed by atoms with Crippen molar-refractivity contribution in [2.75, 3.05) is 6.61 Å². The van der Waals surface area contributed by atoms with E-state index in [4.69, 9.17) is 4.74 Å². The predicted molar refractivity (Wildman–Crippen MR) is 94.2 cm³/mol. The maximum absolute atomic E-state index is 5.70. The molecule has 0 N–H and O–H groups in total. The molecule has 2 nitrogen and oxygen atoms in total. The first kappa shape index (κ1) is 18.5. The summed E-state index contributed by atoms with van der Waals surface area (Å²) in [6.45, 7) is 3.08. The molecule has 1 rings (SSSR count). The van der Waals surface area contributed by atoms with Gasteiger partial charge in [-0.05, 0) is 18.6 Å². The summed E-state index contributed by atoms with van der Waals surface area (Å²) in [5.74, 6) is 0.885. The minimum absolute atomic E-state index is 0.797. The van der Waals surface area contributed by atoms with Crippen molar-refractivity contribution in [1.82, 2.24) is 4.98 Å². The summed E-state index contributed by atoms with van der Waals surface area (Å²) >= 11 is 3.39. The van der Waals surface area contributed by atoms with Gasteiger partial charge in [0.15, 0.2) is 0 Å².